The van der Waals surface area contributed by atoms with Gasteiger partial charge in [0.2, 0.25) is 5.95 Å². The van der Waals surface area contributed by atoms with Crippen molar-refractivity contribution < 1.29 is 18.8 Å². The average Bonchev–Trinajstić information content (AvgIpc) is 2.70. The van der Waals surface area contributed by atoms with Crippen molar-refractivity contribution in [1.82, 2.24) is 10.1 Å². The van der Waals surface area contributed by atoms with Gasteiger partial charge in [0, 0.05) is 6.20 Å². The van der Waals surface area contributed by atoms with Gasteiger partial charge in [-0.15, -0.1) is 0 Å². The molecular weight excluding hydrogens is 239 g/mol. The summed E-state index contributed by atoms with van der Waals surface area (Å²) in [7, 11) is 0. The van der Waals surface area contributed by atoms with Crippen LogP contribution in [-0.2, 0) is 0 Å². The third-order valence-corrected chi connectivity index (χ3v) is 2.06. The maximum absolute atomic E-state index is 13.3. The van der Waals surface area contributed by atoms with Crippen molar-refractivity contribution in [3.8, 4) is 11.3 Å². The minimum atomic E-state index is -1.27. The van der Waals surface area contributed by atoms with E-state index in [2.05, 4.69) is 14.7 Å². The summed E-state index contributed by atoms with van der Waals surface area (Å²) in [5.41, 5.74) is -0.384. The van der Waals surface area contributed by atoms with Gasteiger partial charge in [0.15, 0.2) is 5.76 Å². The lowest BCUT2D eigenvalue weighted by atomic mass is 10.1. The summed E-state index contributed by atoms with van der Waals surface area (Å²) in [6.07, 6.45) is 2.09. The number of nitrogens with zero attached hydrogens (tertiary/aromatic N) is 2. The van der Waals surface area contributed by atoms with E-state index in [1.165, 1.54) is 6.07 Å². The first-order valence-electron chi connectivity index (χ1n) is 4.09. The number of aromatic nitrogens is 2. The molecule has 2 heterocycles. The normalized spacial score (nSPS) is 10.4. The number of hydrogen-bond acceptors (Lipinski definition) is 4. The Morgan fingerprint density at radius 3 is 2.94 bits per heavy atom. The van der Waals surface area contributed by atoms with E-state index in [9.17, 15) is 9.18 Å². The van der Waals surface area contributed by atoms with Gasteiger partial charge in [-0.2, -0.15) is 4.39 Å². The van der Waals surface area contributed by atoms with Crippen molar-refractivity contribution in [1.29, 1.82) is 0 Å². The summed E-state index contributed by atoms with van der Waals surface area (Å²) in [6, 6.07) is 1.22. The fraction of sp³-hybridized carbons (Fsp3) is 0. The third kappa shape index (κ3) is 1.74. The number of rotatable bonds is 2. The van der Waals surface area contributed by atoms with Gasteiger partial charge in [-0.3, -0.25) is 0 Å². The summed E-state index contributed by atoms with van der Waals surface area (Å²) in [5.74, 6) is -2.35. The van der Waals surface area contributed by atoms with Gasteiger partial charge in [-0.25, -0.2) is 9.78 Å². The molecule has 0 amide bonds. The van der Waals surface area contributed by atoms with Crippen molar-refractivity contribution >= 4 is 17.6 Å². The van der Waals surface area contributed by atoms with E-state index >= 15 is 0 Å². The largest absolute Gasteiger partial charge is 0.477 e. The Balaban J connectivity index is 2.62. The van der Waals surface area contributed by atoms with Crippen LogP contribution >= 0.6 is 11.6 Å². The molecule has 0 spiro atoms. The van der Waals surface area contributed by atoms with Gasteiger partial charge in [0.25, 0.3) is 0 Å². The monoisotopic (exact) mass is 242 g/mol. The fourth-order valence-electron chi connectivity index (χ4n) is 1.17. The van der Waals surface area contributed by atoms with Gasteiger partial charge >= 0.3 is 5.97 Å². The number of carbonyl (C=O) groups is 1. The quantitative estimate of drug-likeness (QED) is 0.817. The van der Waals surface area contributed by atoms with E-state index in [0.29, 0.717) is 0 Å². The van der Waals surface area contributed by atoms with E-state index in [0.717, 1.165) is 12.4 Å². The van der Waals surface area contributed by atoms with Crippen LogP contribution in [0.15, 0.2) is 23.0 Å². The maximum Gasteiger partial charge on any atom is 0.341 e. The standard InChI is InChI=1S/C9H4ClFN2O3/c10-4-1-5(8(11)12-2-4)7-6(9(14)15)3-13-16-7/h1-3H,(H,14,15). The molecule has 0 aliphatic heterocycles. The highest BCUT2D eigenvalue weighted by Gasteiger charge is 2.20. The van der Waals surface area contributed by atoms with Crippen LogP contribution in [0.2, 0.25) is 5.02 Å². The molecule has 2 rings (SSSR count). The first kappa shape index (κ1) is 10.6. The molecule has 7 heteroatoms. The Hall–Kier alpha value is -1.95. The number of carboxylic acid groups (broad SMARTS) is 1. The lowest BCUT2D eigenvalue weighted by molar-refractivity contribution is 0.0697. The van der Waals surface area contributed by atoms with Crippen LogP contribution in [0.1, 0.15) is 10.4 Å². The highest BCUT2D eigenvalue weighted by atomic mass is 35.5. The number of carboxylic acids is 1. The van der Waals surface area contributed by atoms with Crippen LogP contribution < -0.4 is 0 Å². The highest BCUT2D eigenvalue weighted by Crippen LogP contribution is 2.27. The Kier molecular flexibility index (Phi) is 2.57. The summed E-state index contributed by atoms with van der Waals surface area (Å²) < 4.78 is 18.0. The smallest absolute Gasteiger partial charge is 0.341 e. The molecule has 2 aromatic heterocycles. The van der Waals surface area contributed by atoms with Gasteiger partial charge in [0.05, 0.1) is 16.8 Å². The number of hydrogen-bond donors (Lipinski definition) is 1. The molecule has 0 fully saturated rings. The molecule has 0 saturated heterocycles. The SMILES string of the molecule is O=C(O)c1cnoc1-c1cc(Cl)cnc1F. The molecule has 0 bridgehead atoms. The molecule has 2 aromatic rings. The minimum absolute atomic E-state index is 0.137. The Bertz CT molecular complexity index is 555. The van der Waals surface area contributed by atoms with Crippen molar-refractivity contribution in [2.75, 3.05) is 0 Å². The lowest BCUT2D eigenvalue weighted by Crippen LogP contribution is -1.98. The summed E-state index contributed by atoms with van der Waals surface area (Å²) >= 11 is 5.63. The molecule has 0 atom stereocenters. The molecule has 0 aliphatic rings. The van der Waals surface area contributed by atoms with Crippen LogP contribution in [-0.4, -0.2) is 21.2 Å². The number of halogens is 2. The molecule has 5 nitrogen and oxygen atoms in total. The Morgan fingerprint density at radius 1 is 1.50 bits per heavy atom. The van der Waals surface area contributed by atoms with Crippen LogP contribution in [0.3, 0.4) is 0 Å². The molecular formula is C9H4ClFN2O3. The maximum atomic E-state index is 13.3. The second-order valence-electron chi connectivity index (χ2n) is 2.87. The van der Waals surface area contributed by atoms with E-state index in [1.54, 1.807) is 0 Å². The predicted molar refractivity (Wildman–Crippen MR) is 51.7 cm³/mol. The lowest BCUT2D eigenvalue weighted by Gasteiger charge is -1.99. The van der Waals surface area contributed by atoms with Crippen molar-refractivity contribution in [3.05, 3.63) is 35.0 Å². The van der Waals surface area contributed by atoms with Crippen molar-refractivity contribution in [3.63, 3.8) is 0 Å². The van der Waals surface area contributed by atoms with Gasteiger partial charge in [0.1, 0.15) is 5.56 Å². The Labute approximate surface area is 93.5 Å². The number of pyridine rings is 1. The highest BCUT2D eigenvalue weighted by molar-refractivity contribution is 6.30. The van der Waals surface area contributed by atoms with Crippen LogP contribution in [0.4, 0.5) is 4.39 Å². The molecule has 0 aromatic carbocycles. The summed E-state index contributed by atoms with van der Waals surface area (Å²) in [5, 5.41) is 12.3. The van der Waals surface area contributed by atoms with E-state index in [-0.39, 0.29) is 21.9 Å². The topological polar surface area (TPSA) is 76.2 Å². The van der Waals surface area contributed by atoms with E-state index in [1.807, 2.05) is 0 Å². The van der Waals surface area contributed by atoms with Crippen molar-refractivity contribution in [2.24, 2.45) is 0 Å². The number of aromatic carboxylic acids is 1. The zero-order valence-corrected chi connectivity index (χ0v) is 8.40. The third-order valence-electron chi connectivity index (χ3n) is 1.85. The molecule has 0 radical (unpaired) electrons. The van der Waals surface area contributed by atoms with Crippen LogP contribution in [0, 0.1) is 5.95 Å². The Morgan fingerprint density at radius 2 is 2.25 bits per heavy atom. The molecule has 16 heavy (non-hydrogen) atoms. The predicted octanol–water partition coefficient (Wildman–Crippen LogP) is 2.23. The second kappa shape index (κ2) is 3.90. The molecule has 0 aliphatic carbocycles. The van der Waals surface area contributed by atoms with Crippen molar-refractivity contribution in [2.45, 2.75) is 0 Å². The average molecular weight is 243 g/mol. The zero-order chi connectivity index (χ0) is 11.7. The van der Waals surface area contributed by atoms with Gasteiger partial charge in [-0.1, -0.05) is 16.8 Å². The minimum Gasteiger partial charge on any atom is -0.477 e. The molecule has 0 saturated carbocycles. The summed E-state index contributed by atoms with van der Waals surface area (Å²) in [4.78, 5) is 14.1. The van der Waals surface area contributed by atoms with Crippen LogP contribution in [0.25, 0.3) is 11.3 Å². The van der Waals surface area contributed by atoms with Gasteiger partial charge in [-0.05, 0) is 6.07 Å². The summed E-state index contributed by atoms with van der Waals surface area (Å²) in [6.45, 7) is 0. The molecule has 0 unspecified atom stereocenters. The second-order valence-corrected chi connectivity index (χ2v) is 3.30. The first-order chi connectivity index (χ1) is 7.59. The zero-order valence-electron chi connectivity index (χ0n) is 7.65. The first-order valence-corrected chi connectivity index (χ1v) is 4.47. The van der Waals surface area contributed by atoms with E-state index in [4.69, 9.17) is 16.7 Å². The van der Waals surface area contributed by atoms with Gasteiger partial charge < -0.3 is 9.63 Å². The molecule has 82 valence electrons. The van der Waals surface area contributed by atoms with Crippen LogP contribution in [0.5, 0.6) is 0 Å². The van der Waals surface area contributed by atoms with E-state index < -0.39 is 11.9 Å². The molecule has 1 N–H and O–H groups in total. The fourth-order valence-corrected chi connectivity index (χ4v) is 1.33.